The van der Waals surface area contributed by atoms with Gasteiger partial charge in [0.2, 0.25) is 0 Å². The molecule has 0 radical (unpaired) electrons. The van der Waals surface area contributed by atoms with Gasteiger partial charge in [-0.1, -0.05) is 24.1 Å². The molecule has 1 saturated heterocycles. The molecule has 0 bridgehead atoms. The Hall–Kier alpha value is -1.72. The summed E-state index contributed by atoms with van der Waals surface area (Å²) in [6.07, 6.45) is 3.90. The van der Waals surface area contributed by atoms with Crippen molar-refractivity contribution in [1.29, 1.82) is 0 Å². The topological polar surface area (TPSA) is 45.2 Å². The normalized spacial score (nSPS) is 15.7. The first-order valence-electron chi connectivity index (χ1n) is 7.75. The highest BCUT2D eigenvalue weighted by Crippen LogP contribution is 2.19. The summed E-state index contributed by atoms with van der Waals surface area (Å²) in [5.41, 5.74) is 2.80. The van der Waals surface area contributed by atoms with Crippen molar-refractivity contribution < 1.29 is 4.79 Å². The molecule has 3 rings (SSSR count). The van der Waals surface area contributed by atoms with E-state index in [4.69, 9.17) is 0 Å². The number of carbonyl (C=O) groups excluding carboxylic acids is 1. The van der Waals surface area contributed by atoms with Crippen LogP contribution in [0.1, 0.15) is 40.9 Å². The molecule has 0 spiro atoms. The molecule has 1 aromatic heterocycles. The average Bonchev–Trinajstić information content (AvgIpc) is 2.95. The highest BCUT2D eigenvalue weighted by molar-refractivity contribution is 7.13. The number of benzene rings is 1. The maximum atomic E-state index is 12.2. The van der Waals surface area contributed by atoms with Crippen LogP contribution in [0.5, 0.6) is 0 Å². The van der Waals surface area contributed by atoms with Crippen LogP contribution in [0.15, 0.2) is 29.6 Å². The second kappa shape index (κ2) is 7.03. The minimum atomic E-state index is -0.0948. The predicted molar refractivity (Wildman–Crippen MR) is 90.4 cm³/mol. The van der Waals surface area contributed by atoms with Gasteiger partial charge in [0.05, 0.1) is 5.69 Å². The van der Waals surface area contributed by atoms with Gasteiger partial charge in [-0.2, -0.15) is 0 Å². The van der Waals surface area contributed by atoms with Crippen molar-refractivity contribution >= 4 is 22.4 Å². The van der Waals surface area contributed by atoms with Crippen molar-refractivity contribution in [3.05, 3.63) is 46.5 Å². The minimum absolute atomic E-state index is 0.0948. The van der Waals surface area contributed by atoms with E-state index in [1.165, 1.54) is 30.6 Å². The Bertz CT molecular complexity index is 647. The van der Waals surface area contributed by atoms with Crippen LogP contribution in [0.3, 0.4) is 0 Å². The summed E-state index contributed by atoms with van der Waals surface area (Å²) in [4.78, 5) is 19.2. The lowest BCUT2D eigenvalue weighted by Crippen LogP contribution is -2.29. The number of aryl methyl sites for hydroxylation is 1. The molecule has 116 valence electrons. The zero-order valence-electron chi connectivity index (χ0n) is 12.8. The standard InChI is InChI=1S/C17H21N3OS/c1-13-6-5-7-14(10-13)16(21)19-17-18-15(12-22-17)11-20-8-3-2-4-9-20/h5-7,10,12H,2-4,8-9,11H2,1H3,(H,18,19,21). The zero-order chi connectivity index (χ0) is 15.4. The number of anilines is 1. The van der Waals surface area contributed by atoms with Crippen LogP contribution in [-0.2, 0) is 6.54 Å². The number of carbonyl (C=O) groups is 1. The van der Waals surface area contributed by atoms with Gasteiger partial charge in [-0.25, -0.2) is 4.98 Å². The van der Waals surface area contributed by atoms with E-state index in [2.05, 4.69) is 15.2 Å². The molecule has 2 aromatic rings. The molecule has 1 aromatic carbocycles. The molecule has 0 unspecified atom stereocenters. The van der Waals surface area contributed by atoms with Gasteiger partial charge in [0, 0.05) is 17.5 Å². The first-order valence-corrected chi connectivity index (χ1v) is 8.63. The van der Waals surface area contributed by atoms with Crippen LogP contribution >= 0.6 is 11.3 Å². The fourth-order valence-corrected chi connectivity index (χ4v) is 3.44. The molecule has 1 aliphatic heterocycles. The summed E-state index contributed by atoms with van der Waals surface area (Å²) in [7, 11) is 0. The fourth-order valence-electron chi connectivity index (χ4n) is 2.74. The maximum Gasteiger partial charge on any atom is 0.257 e. The Morgan fingerprint density at radius 3 is 2.91 bits per heavy atom. The predicted octanol–water partition coefficient (Wildman–Crippen LogP) is 3.69. The van der Waals surface area contributed by atoms with Crippen molar-refractivity contribution in [2.24, 2.45) is 0 Å². The molecular weight excluding hydrogens is 294 g/mol. The third kappa shape index (κ3) is 3.93. The smallest absolute Gasteiger partial charge is 0.257 e. The number of aromatic nitrogens is 1. The van der Waals surface area contributed by atoms with Crippen LogP contribution in [0, 0.1) is 6.92 Å². The number of nitrogens with one attached hydrogen (secondary N) is 1. The van der Waals surface area contributed by atoms with Gasteiger partial charge < -0.3 is 0 Å². The SMILES string of the molecule is Cc1cccc(C(=O)Nc2nc(CN3CCCCC3)cs2)c1. The van der Waals surface area contributed by atoms with E-state index in [0.717, 1.165) is 30.9 Å². The van der Waals surface area contributed by atoms with Crippen molar-refractivity contribution in [2.75, 3.05) is 18.4 Å². The van der Waals surface area contributed by atoms with Gasteiger partial charge >= 0.3 is 0 Å². The van der Waals surface area contributed by atoms with Crippen LogP contribution in [-0.4, -0.2) is 28.9 Å². The van der Waals surface area contributed by atoms with Crippen LogP contribution in [0.25, 0.3) is 0 Å². The van der Waals surface area contributed by atoms with Gasteiger partial charge in [-0.15, -0.1) is 11.3 Å². The number of thiazole rings is 1. The van der Waals surface area contributed by atoms with Gasteiger partial charge in [0.1, 0.15) is 0 Å². The highest BCUT2D eigenvalue weighted by Gasteiger charge is 2.13. The average molecular weight is 315 g/mol. The van der Waals surface area contributed by atoms with Gasteiger partial charge in [-0.05, 0) is 45.0 Å². The first-order chi connectivity index (χ1) is 10.7. The molecule has 1 N–H and O–H groups in total. The molecule has 1 fully saturated rings. The lowest BCUT2D eigenvalue weighted by Gasteiger charge is -2.25. The van der Waals surface area contributed by atoms with Crippen molar-refractivity contribution in [3.8, 4) is 0 Å². The molecule has 5 heteroatoms. The number of hydrogen-bond acceptors (Lipinski definition) is 4. The number of hydrogen-bond donors (Lipinski definition) is 1. The van der Waals surface area contributed by atoms with E-state index in [-0.39, 0.29) is 5.91 Å². The van der Waals surface area contributed by atoms with Crippen molar-refractivity contribution in [2.45, 2.75) is 32.7 Å². The summed E-state index contributed by atoms with van der Waals surface area (Å²) in [5.74, 6) is -0.0948. The van der Waals surface area contributed by atoms with Crippen molar-refractivity contribution in [1.82, 2.24) is 9.88 Å². The molecule has 0 saturated carbocycles. The zero-order valence-corrected chi connectivity index (χ0v) is 13.7. The second-order valence-corrected chi connectivity index (χ2v) is 6.66. The summed E-state index contributed by atoms with van der Waals surface area (Å²) >= 11 is 1.50. The first kappa shape index (κ1) is 15.2. The lowest BCUT2D eigenvalue weighted by molar-refractivity contribution is 0.102. The van der Waals surface area contributed by atoms with E-state index >= 15 is 0 Å². The number of likely N-dealkylation sites (tertiary alicyclic amines) is 1. The molecule has 22 heavy (non-hydrogen) atoms. The molecule has 4 nitrogen and oxygen atoms in total. The molecule has 1 aliphatic rings. The van der Waals surface area contributed by atoms with Crippen molar-refractivity contribution in [3.63, 3.8) is 0 Å². The molecular formula is C17H21N3OS. The van der Waals surface area contributed by atoms with E-state index in [1.807, 2.05) is 36.6 Å². The van der Waals surface area contributed by atoms with E-state index in [0.29, 0.717) is 10.7 Å². The van der Waals surface area contributed by atoms with Gasteiger partial charge in [-0.3, -0.25) is 15.0 Å². The third-order valence-electron chi connectivity index (χ3n) is 3.89. The number of amides is 1. The summed E-state index contributed by atoms with van der Waals surface area (Å²) in [5, 5.41) is 5.61. The number of rotatable bonds is 4. The molecule has 0 atom stereocenters. The Morgan fingerprint density at radius 1 is 1.32 bits per heavy atom. The molecule has 1 amide bonds. The largest absolute Gasteiger partial charge is 0.298 e. The van der Waals surface area contributed by atoms with E-state index in [9.17, 15) is 4.79 Å². The van der Waals surface area contributed by atoms with Crippen LogP contribution in [0.2, 0.25) is 0 Å². The Labute approximate surface area is 135 Å². The highest BCUT2D eigenvalue weighted by atomic mass is 32.1. The quantitative estimate of drug-likeness (QED) is 0.936. The lowest BCUT2D eigenvalue weighted by atomic mass is 10.1. The number of nitrogens with zero attached hydrogens (tertiary/aromatic N) is 2. The van der Waals surface area contributed by atoms with Gasteiger partial charge in [0.25, 0.3) is 5.91 Å². The Balaban J connectivity index is 1.60. The second-order valence-electron chi connectivity index (χ2n) is 5.80. The maximum absolute atomic E-state index is 12.2. The monoisotopic (exact) mass is 315 g/mol. The third-order valence-corrected chi connectivity index (χ3v) is 4.69. The minimum Gasteiger partial charge on any atom is -0.298 e. The van der Waals surface area contributed by atoms with Gasteiger partial charge in [0.15, 0.2) is 5.13 Å². The molecule has 0 aliphatic carbocycles. The van der Waals surface area contributed by atoms with E-state index < -0.39 is 0 Å². The summed E-state index contributed by atoms with van der Waals surface area (Å²) in [6, 6.07) is 7.59. The van der Waals surface area contributed by atoms with Crippen LogP contribution in [0.4, 0.5) is 5.13 Å². The molecule has 2 heterocycles. The summed E-state index contributed by atoms with van der Waals surface area (Å²) in [6.45, 7) is 5.18. The Morgan fingerprint density at radius 2 is 2.14 bits per heavy atom. The fraction of sp³-hybridized carbons (Fsp3) is 0.412. The van der Waals surface area contributed by atoms with E-state index in [1.54, 1.807) is 0 Å². The number of piperidine rings is 1. The Kier molecular flexibility index (Phi) is 4.85. The summed E-state index contributed by atoms with van der Waals surface area (Å²) < 4.78 is 0. The van der Waals surface area contributed by atoms with Crippen LogP contribution < -0.4 is 5.32 Å².